The summed E-state index contributed by atoms with van der Waals surface area (Å²) in [4.78, 5) is 29.3. The Morgan fingerprint density at radius 1 is 1.23 bits per heavy atom. The van der Waals surface area contributed by atoms with Gasteiger partial charge in [0.15, 0.2) is 0 Å². The Morgan fingerprint density at radius 2 is 1.97 bits per heavy atom. The Balaban J connectivity index is 2.38. The molecule has 0 saturated heterocycles. The summed E-state index contributed by atoms with van der Waals surface area (Å²) in [6.07, 6.45) is 2.23. The number of ether oxygens (including phenoxy) is 2. The molecule has 0 unspecified atom stereocenters. The van der Waals surface area contributed by atoms with Crippen LogP contribution in [0.2, 0.25) is 0 Å². The van der Waals surface area contributed by atoms with Crippen molar-refractivity contribution in [3.05, 3.63) is 23.8 Å². The number of carbonyl (C=O) groups is 2. The summed E-state index contributed by atoms with van der Waals surface area (Å²) in [5.41, 5.74) is 1.13. The molecule has 2 rings (SSSR count). The highest BCUT2D eigenvalue weighted by Gasteiger charge is 2.28. The molecule has 31 heavy (non-hydrogen) atoms. The molecule has 1 aromatic rings. The Kier molecular flexibility index (Phi) is 9.78. The van der Waals surface area contributed by atoms with Crippen molar-refractivity contribution in [1.82, 2.24) is 9.80 Å². The van der Waals surface area contributed by atoms with Crippen LogP contribution < -0.4 is 10.1 Å². The molecule has 174 valence electrons. The van der Waals surface area contributed by atoms with Gasteiger partial charge in [0.05, 0.1) is 11.7 Å². The average Bonchev–Trinajstić information content (AvgIpc) is 2.74. The molecular weight excluding hydrogens is 394 g/mol. The predicted molar refractivity (Wildman–Crippen MR) is 124 cm³/mol. The lowest BCUT2D eigenvalue weighted by Crippen LogP contribution is -2.46. The number of anilines is 1. The first kappa shape index (κ1) is 25.1. The van der Waals surface area contributed by atoms with Gasteiger partial charge in [-0.05, 0) is 44.4 Å². The second-order valence-electron chi connectivity index (χ2n) is 8.60. The summed E-state index contributed by atoms with van der Waals surface area (Å²) in [5.74, 6) is 0.606. The van der Waals surface area contributed by atoms with Crippen LogP contribution in [-0.2, 0) is 9.53 Å². The summed E-state index contributed by atoms with van der Waals surface area (Å²) in [6.45, 7) is 11.3. The lowest BCUT2D eigenvalue weighted by molar-refractivity contribution is -0.116. The molecule has 0 saturated carbocycles. The zero-order chi connectivity index (χ0) is 23.0. The summed E-state index contributed by atoms with van der Waals surface area (Å²) in [7, 11) is 3.50. The smallest absolute Gasteiger partial charge is 0.257 e. The average molecular weight is 434 g/mol. The van der Waals surface area contributed by atoms with Crippen molar-refractivity contribution in [3.63, 3.8) is 0 Å². The van der Waals surface area contributed by atoms with E-state index in [4.69, 9.17) is 9.47 Å². The second kappa shape index (κ2) is 12.1. The highest BCUT2D eigenvalue weighted by molar-refractivity contribution is 5.98. The van der Waals surface area contributed by atoms with Crippen LogP contribution in [0.4, 0.5) is 5.69 Å². The van der Waals surface area contributed by atoms with E-state index in [9.17, 15) is 9.59 Å². The molecule has 1 heterocycles. The van der Waals surface area contributed by atoms with E-state index in [2.05, 4.69) is 31.0 Å². The topological polar surface area (TPSA) is 71.1 Å². The van der Waals surface area contributed by atoms with Crippen molar-refractivity contribution in [1.29, 1.82) is 0 Å². The third kappa shape index (κ3) is 6.94. The molecule has 2 amide bonds. The molecule has 0 spiro atoms. The molecule has 0 fully saturated rings. The minimum absolute atomic E-state index is 0.0431. The van der Waals surface area contributed by atoms with Crippen LogP contribution in [0.3, 0.4) is 0 Å². The quantitative estimate of drug-likeness (QED) is 0.742. The molecule has 1 N–H and O–H groups in total. The third-order valence-corrected chi connectivity index (χ3v) is 5.85. The van der Waals surface area contributed by atoms with E-state index >= 15 is 0 Å². The summed E-state index contributed by atoms with van der Waals surface area (Å²) < 4.78 is 11.9. The van der Waals surface area contributed by atoms with Crippen molar-refractivity contribution >= 4 is 17.5 Å². The van der Waals surface area contributed by atoms with E-state index in [-0.39, 0.29) is 29.9 Å². The van der Waals surface area contributed by atoms with Gasteiger partial charge in [0.1, 0.15) is 12.4 Å². The molecule has 0 aromatic heterocycles. The van der Waals surface area contributed by atoms with Gasteiger partial charge in [-0.1, -0.05) is 20.8 Å². The van der Waals surface area contributed by atoms with Crippen LogP contribution in [0, 0.1) is 5.92 Å². The van der Waals surface area contributed by atoms with E-state index in [1.807, 2.05) is 6.92 Å². The van der Waals surface area contributed by atoms with Gasteiger partial charge in [-0.25, -0.2) is 0 Å². The van der Waals surface area contributed by atoms with Crippen LogP contribution in [0.1, 0.15) is 57.3 Å². The maximum absolute atomic E-state index is 13.2. The van der Waals surface area contributed by atoms with Crippen LogP contribution in [0.5, 0.6) is 5.75 Å². The van der Waals surface area contributed by atoms with Crippen LogP contribution in [0.25, 0.3) is 0 Å². The monoisotopic (exact) mass is 433 g/mol. The maximum Gasteiger partial charge on any atom is 0.257 e. The molecule has 7 nitrogen and oxygen atoms in total. The highest BCUT2D eigenvalue weighted by atomic mass is 16.5. The van der Waals surface area contributed by atoms with E-state index in [0.29, 0.717) is 36.6 Å². The van der Waals surface area contributed by atoms with Gasteiger partial charge in [-0.2, -0.15) is 0 Å². The standard InChI is InChI=1S/C24H39N3O4/c1-7-9-23(28)25-19-10-11-20-21(13-19)31-16-18(4)27(12-8-2)14-17(3)22(30-6)15-26(5)24(20)29/h10-11,13,17-18,22H,7-9,12,14-16H2,1-6H3,(H,25,28)/t17-,18-,22+/m0/s1. The zero-order valence-corrected chi connectivity index (χ0v) is 19.9. The predicted octanol–water partition coefficient (Wildman–Crippen LogP) is 3.64. The van der Waals surface area contributed by atoms with Crippen LogP contribution in [-0.4, -0.2) is 74.2 Å². The van der Waals surface area contributed by atoms with Crippen molar-refractivity contribution in [3.8, 4) is 5.75 Å². The van der Waals surface area contributed by atoms with Gasteiger partial charge in [-0.15, -0.1) is 0 Å². The van der Waals surface area contributed by atoms with Crippen molar-refractivity contribution in [2.24, 2.45) is 5.92 Å². The lowest BCUT2D eigenvalue weighted by atomic mass is 10.0. The number of hydrogen-bond donors (Lipinski definition) is 1. The van der Waals surface area contributed by atoms with Crippen LogP contribution >= 0.6 is 0 Å². The first-order valence-electron chi connectivity index (χ1n) is 11.4. The van der Waals surface area contributed by atoms with Crippen LogP contribution in [0.15, 0.2) is 18.2 Å². The van der Waals surface area contributed by atoms with Gasteiger partial charge in [0.25, 0.3) is 5.91 Å². The highest BCUT2D eigenvalue weighted by Crippen LogP contribution is 2.27. The lowest BCUT2D eigenvalue weighted by Gasteiger charge is -2.35. The third-order valence-electron chi connectivity index (χ3n) is 5.85. The number of likely N-dealkylation sites (N-methyl/N-ethyl adjacent to an activating group) is 1. The van der Waals surface area contributed by atoms with Crippen molar-refractivity contribution in [2.75, 3.05) is 45.7 Å². The molecule has 3 atom stereocenters. The van der Waals surface area contributed by atoms with Gasteiger partial charge < -0.3 is 19.7 Å². The molecule has 7 heteroatoms. The number of carbonyl (C=O) groups excluding carboxylic acids is 2. The molecule has 1 aliphatic heterocycles. The van der Waals surface area contributed by atoms with E-state index in [0.717, 1.165) is 25.9 Å². The maximum atomic E-state index is 13.2. The van der Waals surface area contributed by atoms with Crippen molar-refractivity contribution < 1.29 is 19.1 Å². The largest absolute Gasteiger partial charge is 0.491 e. The molecule has 0 bridgehead atoms. The Labute approximate surface area is 187 Å². The minimum Gasteiger partial charge on any atom is -0.491 e. The number of methoxy groups -OCH3 is 1. The molecular formula is C24H39N3O4. The Bertz CT molecular complexity index is 740. The van der Waals surface area contributed by atoms with Gasteiger partial charge in [0.2, 0.25) is 5.91 Å². The van der Waals surface area contributed by atoms with E-state index in [1.165, 1.54) is 0 Å². The second-order valence-corrected chi connectivity index (χ2v) is 8.60. The molecule has 1 aliphatic rings. The molecule has 1 aromatic carbocycles. The number of amides is 2. The number of nitrogens with one attached hydrogen (secondary N) is 1. The normalized spacial score (nSPS) is 23.4. The SMILES string of the molecule is CCCC(=O)Nc1ccc2c(c1)OC[C@H](C)N(CCC)C[C@H](C)[C@H](OC)CN(C)C2=O. The first-order chi connectivity index (χ1) is 14.8. The van der Waals surface area contributed by atoms with E-state index in [1.54, 1.807) is 37.3 Å². The van der Waals surface area contributed by atoms with Crippen molar-refractivity contribution in [2.45, 2.75) is 59.1 Å². The number of fused-ring (bicyclic) bond motifs is 1. The summed E-state index contributed by atoms with van der Waals surface area (Å²) in [5, 5.41) is 2.89. The fraction of sp³-hybridized carbons (Fsp3) is 0.667. The Morgan fingerprint density at radius 3 is 2.61 bits per heavy atom. The van der Waals surface area contributed by atoms with Gasteiger partial charge in [-0.3, -0.25) is 14.5 Å². The number of rotatable bonds is 6. The van der Waals surface area contributed by atoms with Gasteiger partial charge >= 0.3 is 0 Å². The number of benzene rings is 1. The first-order valence-corrected chi connectivity index (χ1v) is 11.4. The summed E-state index contributed by atoms with van der Waals surface area (Å²) in [6, 6.07) is 5.43. The van der Waals surface area contributed by atoms with Gasteiger partial charge in [0, 0.05) is 51.5 Å². The number of nitrogens with zero attached hydrogens (tertiary/aromatic N) is 2. The fourth-order valence-electron chi connectivity index (χ4n) is 3.97. The fourth-order valence-corrected chi connectivity index (χ4v) is 3.97. The minimum atomic E-state index is -0.116. The molecule has 0 aliphatic carbocycles. The number of hydrogen-bond acceptors (Lipinski definition) is 5. The Hall–Kier alpha value is -2.12. The summed E-state index contributed by atoms with van der Waals surface area (Å²) >= 11 is 0. The zero-order valence-electron chi connectivity index (χ0n) is 19.9. The molecule has 0 radical (unpaired) electrons. The van der Waals surface area contributed by atoms with E-state index < -0.39 is 0 Å².